The largest absolute Gasteiger partial charge is 0.292 e. The number of ketones is 1. The van der Waals surface area contributed by atoms with E-state index in [4.69, 9.17) is 11.6 Å². The standard InChI is InChI=1S/C6H4ClNO2/c7-6(10)4-1-2-8-3-5(4)9/h1-4H. The molecule has 3 nitrogen and oxygen atoms in total. The third kappa shape index (κ3) is 1.30. The van der Waals surface area contributed by atoms with Gasteiger partial charge in [0.05, 0.1) is 6.21 Å². The highest BCUT2D eigenvalue weighted by atomic mass is 35.5. The molecule has 0 fully saturated rings. The molecule has 0 aromatic carbocycles. The Kier molecular flexibility index (Phi) is 1.97. The van der Waals surface area contributed by atoms with Crippen LogP contribution in [0.25, 0.3) is 0 Å². The van der Waals surface area contributed by atoms with Crippen molar-refractivity contribution in [2.75, 3.05) is 0 Å². The number of Topliss-reactive ketones (excluding diaryl/α,β-unsaturated/α-hetero) is 1. The van der Waals surface area contributed by atoms with E-state index in [2.05, 4.69) is 4.99 Å². The van der Waals surface area contributed by atoms with Crippen molar-refractivity contribution in [3.8, 4) is 0 Å². The van der Waals surface area contributed by atoms with Gasteiger partial charge < -0.3 is 0 Å². The normalized spacial score (nSPS) is 23.3. The average Bonchev–Trinajstić information content (AvgIpc) is 1.88. The lowest BCUT2D eigenvalue weighted by Gasteiger charge is -2.03. The quantitative estimate of drug-likeness (QED) is 0.412. The number of halogens is 1. The van der Waals surface area contributed by atoms with Crippen LogP contribution in [0.4, 0.5) is 0 Å². The first kappa shape index (κ1) is 7.15. The summed E-state index contributed by atoms with van der Waals surface area (Å²) in [6, 6.07) is 0. The maximum atomic E-state index is 10.7. The molecule has 0 N–H and O–H groups in total. The maximum Gasteiger partial charge on any atom is 0.236 e. The molecule has 0 aliphatic carbocycles. The van der Waals surface area contributed by atoms with Gasteiger partial charge in [-0.25, -0.2) is 0 Å². The third-order valence-corrected chi connectivity index (χ3v) is 1.35. The van der Waals surface area contributed by atoms with Crippen LogP contribution in [0.1, 0.15) is 0 Å². The van der Waals surface area contributed by atoms with E-state index in [0.29, 0.717) is 0 Å². The molecule has 0 aromatic heterocycles. The predicted molar refractivity (Wildman–Crippen MR) is 37.0 cm³/mol. The highest BCUT2D eigenvalue weighted by molar-refractivity contribution is 6.67. The molecule has 52 valence electrons. The molecule has 1 rings (SSSR count). The topological polar surface area (TPSA) is 46.5 Å². The summed E-state index contributed by atoms with van der Waals surface area (Å²) < 4.78 is 0. The average molecular weight is 158 g/mol. The van der Waals surface area contributed by atoms with Gasteiger partial charge in [0.1, 0.15) is 5.92 Å². The van der Waals surface area contributed by atoms with Crippen molar-refractivity contribution < 1.29 is 9.59 Å². The molecule has 0 saturated carbocycles. The number of nitrogens with zero attached hydrogens (tertiary/aromatic N) is 1. The summed E-state index contributed by atoms with van der Waals surface area (Å²) in [6.45, 7) is 0. The summed E-state index contributed by atoms with van der Waals surface area (Å²) in [7, 11) is 0. The lowest BCUT2D eigenvalue weighted by atomic mass is 10.1. The number of hydrogen-bond acceptors (Lipinski definition) is 3. The van der Waals surface area contributed by atoms with E-state index < -0.39 is 11.2 Å². The van der Waals surface area contributed by atoms with Gasteiger partial charge in [0.25, 0.3) is 0 Å². The van der Waals surface area contributed by atoms with Crippen LogP contribution < -0.4 is 0 Å². The SMILES string of the molecule is O=C(Cl)C1C=CN=CC1=O. The van der Waals surface area contributed by atoms with E-state index in [-0.39, 0.29) is 5.78 Å². The minimum atomic E-state index is -0.820. The second-order valence-corrected chi connectivity index (χ2v) is 2.18. The number of allylic oxidation sites excluding steroid dienone is 1. The molecule has 0 bridgehead atoms. The molecule has 1 aliphatic rings. The summed E-state index contributed by atoms with van der Waals surface area (Å²) in [5, 5.41) is -0.660. The van der Waals surface area contributed by atoms with Gasteiger partial charge in [-0.1, -0.05) is 0 Å². The molecular weight excluding hydrogens is 154 g/mol. The molecule has 1 unspecified atom stereocenters. The molecule has 0 spiro atoms. The van der Waals surface area contributed by atoms with E-state index in [1.807, 2.05) is 0 Å². The Morgan fingerprint density at radius 2 is 2.40 bits per heavy atom. The number of rotatable bonds is 1. The highest BCUT2D eigenvalue weighted by Crippen LogP contribution is 2.07. The number of hydrogen-bond donors (Lipinski definition) is 0. The molecule has 1 heterocycles. The Labute approximate surface area is 62.4 Å². The highest BCUT2D eigenvalue weighted by Gasteiger charge is 2.21. The first-order valence-electron chi connectivity index (χ1n) is 2.65. The number of carbonyl (C=O) groups excluding carboxylic acids is 2. The second-order valence-electron chi connectivity index (χ2n) is 1.80. The van der Waals surface area contributed by atoms with Crippen LogP contribution in [-0.4, -0.2) is 17.2 Å². The number of carbonyl (C=O) groups is 2. The monoisotopic (exact) mass is 157 g/mol. The van der Waals surface area contributed by atoms with Crippen molar-refractivity contribution >= 4 is 28.8 Å². The first-order chi connectivity index (χ1) is 4.72. The number of aliphatic imine (C=N–C) groups is 1. The Bertz CT molecular complexity index is 232. The first-order valence-corrected chi connectivity index (χ1v) is 3.02. The fraction of sp³-hybridized carbons (Fsp3) is 0.167. The molecule has 10 heavy (non-hydrogen) atoms. The van der Waals surface area contributed by atoms with Gasteiger partial charge >= 0.3 is 0 Å². The lowest BCUT2D eigenvalue weighted by molar-refractivity contribution is -0.122. The fourth-order valence-corrected chi connectivity index (χ4v) is 0.795. The lowest BCUT2D eigenvalue weighted by Crippen LogP contribution is -2.20. The van der Waals surface area contributed by atoms with E-state index >= 15 is 0 Å². The third-order valence-electron chi connectivity index (χ3n) is 1.12. The van der Waals surface area contributed by atoms with Gasteiger partial charge in [-0.05, 0) is 17.7 Å². The van der Waals surface area contributed by atoms with Crippen LogP contribution in [-0.2, 0) is 9.59 Å². The van der Waals surface area contributed by atoms with Crippen LogP contribution >= 0.6 is 11.6 Å². The zero-order valence-electron chi connectivity index (χ0n) is 4.95. The molecule has 0 saturated heterocycles. The van der Waals surface area contributed by atoms with Crippen LogP contribution in [0.3, 0.4) is 0 Å². The zero-order valence-corrected chi connectivity index (χ0v) is 5.71. The van der Waals surface area contributed by atoms with Crippen molar-refractivity contribution in [1.29, 1.82) is 0 Å². The van der Waals surface area contributed by atoms with E-state index in [0.717, 1.165) is 6.21 Å². The Morgan fingerprint density at radius 1 is 1.70 bits per heavy atom. The van der Waals surface area contributed by atoms with Crippen LogP contribution in [0.15, 0.2) is 17.3 Å². The van der Waals surface area contributed by atoms with Crippen LogP contribution in [0.2, 0.25) is 0 Å². The van der Waals surface area contributed by atoms with Gasteiger partial charge in [-0.3, -0.25) is 14.6 Å². The van der Waals surface area contributed by atoms with Crippen LogP contribution in [0, 0.1) is 5.92 Å². The van der Waals surface area contributed by atoms with Crippen molar-refractivity contribution in [2.45, 2.75) is 0 Å². The summed E-state index contributed by atoms with van der Waals surface area (Å²) in [5.41, 5.74) is 0. The zero-order chi connectivity index (χ0) is 7.56. The minimum Gasteiger partial charge on any atom is -0.292 e. The summed E-state index contributed by atoms with van der Waals surface area (Å²) in [5.74, 6) is -1.18. The summed E-state index contributed by atoms with van der Waals surface area (Å²) in [6.07, 6.45) is 3.84. The molecule has 0 radical (unpaired) electrons. The van der Waals surface area contributed by atoms with Gasteiger partial charge in [0.15, 0.2) is 5.78 Å². The van der Waals surface area contributed by atoms with E-state index in [1.165, 1.54) is 12.3 Å². The fourth-order valence-electron chi connectivity index (χ4n) is 0.615. The van der Waals surface area contributed by atoms with Gasteiger partial charge in [-0.2, -0.15) is 0 Å². The smallest absolute Gasteiger partial charge is 0.236 e. The van der Waals surface area contributed by atoms with Gasteiger partial charge in [-0.15, -0.1) is 0 Å². The van der Waals surface area contributed by atoms with Crippen molar-refractivity contribution in [3.05, 3.63) is 12.3 Å². The van der Waals surface area contributed by atoms with Gasteiger partial charge in [0.2, 0.25) is 5.24 Å². The summed E-state index contributed by atoms with van der Waals surface area (Å²) in [4.78, 5) is 24.7. The minimum absolute atomic E-state index is 0.359. The van der Waals surface area contributed by atoms with Crippen molar-refractivity contribution in [1.82, 2.24) is 0 Å². The van der Waals surface area contributed by atoms with Gasteiger partial charge in [0, 0.05) is 6.20 Å². The second kappa shape index (κ2) is 2.75. The molecule has 0 amide bonds. The Hall–Kier alpha value is -0.960. The van der Waals surface area contributed by atoms with Crippen molar-refractivity contribution in [3.63, 3.8) is 0 Å². The Balaban J connectivity index is 2.80. The molecule has 1 atom stereocenters. The van der Waals surface area contributed by atoms with Crippen molar-refractivity contribution in [2.24, 2.45) is 10.9 Å². The maximum absolute atomic E-state index is 10.7. The molecule has 4 heteroatoms. The molecular formula is C6H4ClNO2. The van der Waals surface area contributed by atoms with E-state index in [1.54, 1.807) is 0 Å². The predicted octanol–water partition coefficient (Wildman–Crippen LogP) is 0.535. The molecule has 0 aromatic rings. The van der Waals surface area contributed by atoms with E-state index in [9.17, 15) is 9.59 Å². The van der Waals surface area contributed by atoms with Crippen LogP contribution in [0.5, 0.6) is 0 Å². The molecule has 1 aliphatic heterocycles. The summed E-state index contributed by atoms with van der Waals surface area (Å²) >= 11 is 5.08. The Morgan fingerprint density at radius 3 is 2.80 bits per heavy atom.